The highest BCUT2D eigenvalue weighted by Gasteiger charge is 2.13. The first kappa shape index (κ1) is 13.4. The Morgan fingerprint density at radius 1 is 1.26 bits per heavy atom. The molecule has 0 saturated carbocycles. The van der Waals surface area contributed by atoms with Crippen LogP contribution in [0, 0.1) is 13.8 Å². The molecule has 2 aromatic rings. The Balaban J connectivity index is 2.33. The smallest absolute Gasteiger partial charge is 0.339 e. The van der Waals surface area contributed by atoms with Crippen molar-refractivity contribution in [3.05, 3.63) is 40.1 Å². The van der Waals surface area contributed by atoms with Crippen molar-refractivity contribution in [1.29, 1.82) is 0 Å². The van der Waals surface area contributed by atoms with Crippen molar-refractivity contribution in [1.82, 2.24) is 9.78 Å². The van der Waals surface area contributed by atoms with Gasteiger partial charge in [0.2, 0.25) is 0 Å². The van der Waals surface area contributed by atoms with E-state index in [1.54, 1.807) is 13.8 Å². The molecule has 98 valence electrons. The predicted octanol–water partition coefficient (Wildman–Crippen LogP) is 3.60. The molecular weight excluding hydrogens is 310 g/mol. The van der Waals surface area contributed by atoms with Crippen molar-refractivity contribution in [2.45, 2.75) is 13.8 Å². The van der Waals surface area contributed by atoms with Gasteiger partial charge in [-0.25, -0.2) is 4.79 Å². The van der Waals surface area contributed by atoms with Crippen molar-refractivity contribution in [3.63, 3.8) is 0 Å². The highest BCUT2D eigenvalue weighted by atomic mass is 79.9. The number of hydrogen-bond donors (Lipinski definition) is 1. The Morgan fingerprint density at radius 2 is 1.89 bits per heavy atom. The van der Waals surface area contributed by atoms with Gasteiger partial charge in [0, 0.05) is 4.47 Å². The summed E-state index contributed by atoms with van der Waals surface area (Å²) < 4.78 is 2.09. The van der Waals surface area contributed by atoms with E-state index in [1.165, 1.54) is 0 Å². The van der Waals surface area contributed by atoms with Gasteiger partial charge in [0.15, 0.2) is 0 Å². The maximum Gasteiger partial charge on any atom is 0.339 e. The van der Waals surface area contributed by atoms with Gasteiger partial charge in [-0.15, -0.1) is 5.11 Å². The predicted molar refractivity (Wildman–Crippen MR) is 75.0 cm³/mol. The van der Waals surface area contributed by atoms with E-state index in [0.717, 1.165) is 9.15 Å². The van der Waals surface area contributed by atoms with Crippen molar-refractivity contribution in [2.75, 3.05) is 0 Å². The maximum atomic E-state index is 11.1. The van der Waals surface area contributed by atoms with Crippen molar-refractivity contribution >= 4 is 33.3 Å². The van der Waals surface area contributed by atoms with Gasteiger partial charge in [0.05, 0.1) is 17.1 Å². The second-order valence-corrected chi connectivity index (χ2v) is 4.86. The van der Waals surface area contributed by atoms with Crippen molar-refractivity contribution < 1.29 is 4.79 Å². The van der Waals surface area contributed by atoms with Crippen LogP contribution < -0.4 is 5.73 Å². The van der Waals surface area contributed by atoms with Crippen LogP contribution in [-0.4, -0.2) is 15.8 Å². The van der Waals surface area contributed by atoms with Gasteiger partial charge in [-0.1, -0.05) is 15.9 Å². The first-order chi connectivity index (χ1) is 8.99. The number of nitrogens with two attached hydrogens (primary N) is 1. The molecule has 2 rings (SSSR count). The lowest BCUT2D eigenvalue weighted by molar-refractivity contribution is 0.247. The molecule has 0 radical (unpaired) electrons. The van der Waals surface area contributed by atoms with Gasteiger partial charge < -0.3 is 5.73 Å². The number of nitrogens with zero attached hydrogens (tertiary/aromatic N) is 4. The van der Waals surface area contributed by atoms with Gasteiger partial charge in [0.25, 0.3) is 0 Å². The number of aryl methyl sites for hydroxylation is 1. The number of primary amides is 1. The highest BCUT2D eigenvalue weighted by Crippen LogP contribution is 2.25. The Hall–Kier alpha value is -2.02. The Labute approximate surface area is 118 Å². The molecule has 19 heavy (non-hydrogen) atoms. The van der Waals surface area contributed by atoms with Gasteiger partial charge in [-0.3, -0.25) is 0 Å². The first-order valence-electron chi connectivity index (χ1n) is 5.52. The number of carbonyl (C=O) groups is 1. The molecule has 0 saturated heterocycles. The van der Waals surface area contributed by atoms with E-state index in [9.17, 15) is 4.79 Å². The van der Waals surface area contributed by atoms with Gasteiger partial charge in [-0.05, 0) is 38.1 Å². The zero-order chi connectivity index (χ0) is 14.0. The quantitative estimate of drug-likeness (QED) is 0.856. The minimum atomic E-state index is -0.634. The Morgan fingerprint density at radius 3 is 2.42 bits per heavy atom. The summed E-state index contributed by atoms with van der Waals surface area (Å²) in [5.74, 6) is 0. The number of benzene rings is 1. The van der Waals surface area contributed by atoms with E-state index in [1.807, 2.05) is 24.3 Å². The summed E-state index contributed by atoms with van der Waals surface area (Å²) in [7, 11) is 0. The van der Waals surface area contributed by atoms with E-state index in [2.05, 4.69) is 31.3 Å². The van der Waals surface area contributed by atoms with E-state index in [4.69, 9.17) is 5.73 Å². The van der Waals surface area contributed by atoms with Crippen LogP contribution in [0.3, 0.4) is 0 Å². The van der Waals surface area contributed by atoms with Gasteiger partial charge in [0.1, 0.15) is 5.69 Å². The van der Waals surface area contributed by atoms with E-state index in [-0.39, 0.29) is 0 Å². The standard InChI is InChI=1S/C12H12BrN5O/c1-7-11(8(2)18(17-7)12(14)19)16-15-10-5-3-9(13)4-6-10/h3-6H,1-2H3,(H2,14,19). The molecule has 0 atom stereocenters. The first-order valence-corrected chi connectivity index (χ1v) is 6.31. The average molecular weight is 322 g/mol. The summed E-state index contributed by atoms with van der Waals surface area (Å²) in [4.78, 5) is 11.1. The maximum absolute atomic E-state index is 11.1. The Bertz CT molecular complexity index is 645. The fourth-order valence-corrected chi connectivity index (χ4v) is 1.87. The molecule has 1 aromatic carbocycles. The summed E-state index contributed by atoms with van der Waals surface area (Å²) >= 11 is 3.35. The molecule has 1 heterocycles. The normalized spacial score (nSPS) is 11.1. The summed E-state index contributed by atoms with van der Waals surface area (Å²) in [6.45, 7) is 3.48. The number of rotatable bonds is 2. The van der Waals surface area contributed by atoms with Crippen LogP contribution in [0.1, 0.15) is 11.4 Å². The molecule has 0 bridgehead atoms. The molecule has 6 nitrogen and oxygen atoms in total. The number of azo groups is 1. The molecular formula is C12H12BrN5O. The number of hydrogen-bond acceptors (Lipinski definition) is 4. The zero-order valence-electron chi connectivity index (χ0n) is 10.5. The number of halogens is 1. The fourth-order valence-electron chi connectivity index (χ4n) is 1.61. The summed E-state index contributed by atoms with van der Waals surface area (Å²) in [6.07, 6.45) is 0. The fraction of sp³-hybridized carbons (Fsp3) is 0.167. The monoisotopic (exact) mass is 321 g/mol. The van der Waals surface area contributed by atoms with Crippen molar-refractivity contribution in [3.8, 4) is 0 Å². The van der Waals surface area contributed by atoms with Crippen molar-refractivity contribution in [2.24, 2.45) is 16.0 Å². The second-order valence-electron chi connectivity index (χ2n) is 3.95. The number of aromatic nitrogens is 2. The topological polar surface area (TPSA) is 85.6 Å². The number of carbonyl (C=O) groups excluding carboxylic acids is 1. The van der Waals surface area contributed by atoms with Crippen LogP contribution in [0.5, 0.6) is 0 Å². The average Bonchev–Trinajstić information content (AvgIpc) is 2.65. The third-order valence-corrected chi connectivity index (χ3v) is 3.08. The van der Waals surface area contributed by atoms with Crippen LogP contribution >= 0.6 is 15.9 Å². The molecule has 0 unspecified atom stereocenters. The lowest BCUT2D eigenvalue weighted by atomic mass is 10.3. The van der Waals surface area contributed by atoms with Crippen LogP contribution in [0.25, 0.3) is 0 Å². The summed E-state index contributed by atoms with van der Waals surface area (Å²) in [5, 5.41) is 12.3. The molecule has 0 aliphatic heterocycles. The summed E-state index contributed by atoms with van der Waals surface area (Å²) in [6, 6.07) is 6.78. The minimum absolute atomic E-state index is 0.557. The van der Waals surface area contributed by atoms with E-state index < -0.39 is 6.03 Å². The van der Waals surface area contributed by atoms with Crippen LogP contribution in [0.2, 0.25) is 0 Å². The third-order valence-electron chi connectivity index (χ3n) is 2.55. The molecule has 1 amide bonds. The molecule has 0 aliphatic rings. The lowest BCUT2D eigenvalue weighted by Crippen LogP contribution is -2.21. The van der Waals surface area contributed by atoms with E-state index >= 15 is 0 Å². The second kappa shape index (κ2) is 5.31. The molecule has 0 spiro atoms. The molecule has 1 aromatic heterocycles. The lowest BCUT2D eigenvalue weighted by Gasteiger charge is -1.96. The molecule has 0 fully saturated rings. The Kier molecular flexibility index (Phi) is 3.75. The third kappa shape index (κ3) is 2.87. The van der Waals surface area contributed by atoms with Gasteiger partial charge in [-0.2, -0.15) is 14.9 Å². The van der Waals surface area contributed by atoms with Crippen LogP contribution in [-0.2, 0) is 0 Å². The molecule has 0 aliphatic carbocycles. The summed E-state index contributed by atoms with van der Waals surface area (Å²) in [5.41, 5.74) is 7.66. The zero-order valence-corrected chi connectivity index (χ0v) is 12.0. The largest absolute Gasteiger partial charge is 0.350 e. The van der Waals surface area contributed by atoms with E-state index in [0.29, 0.717) is 22.8 Å². The minimum Gasteiger partial charge on any atom is -0.350 e. The SMILES string of the molecule is Cc1nn(C(N)=O)c(C)c1N=Nc1ccc(Br)cc1. The van der Waals surface area contributed by atoms with Gasteiger partial charge >= 0.3 is 6.03 Å². The van der Waals surface area contributed by atoms with Crippen LogP contribution in [0.4, 0.5) is 16.2 Å². The molecule has 2 N–H and O–H groups in total. The van der Waals surface area contributed by atoms with Crippen LogP contribution in [0.15, 0.2) is 39.0 Å². The number of amides is 1. The highest BCUT2D eigenvalue weighted by molar-refractivity contribution is 9.10. The molecule has 7 heteroatoms.